The van der Waals surface area contributed by atoms with Crippen LogP contribution in [0.2, 0.25) is 0 Å². The monoisotopic (exact) mass is 280 g/mol. The number of aromatic nitrogens is 2. The minimum Gasteiger partial charge on any atom is -0.481 e. The molecule has 1 aromatic carbocycles. The van der Waals surface area contributed by atoms with Gasteiger partial charge in [0.15, 0.2) is 0 Å². The molecule has 1 heterocycles. The number of hydrogen-bond donors (Lipinski definition) is 1. The Labute approximate surface area is 101 Å². The molecular formula is C11H9BrN2O2. The molecule has 1 N–H and O–H groups in total. The zero-order valence-corrected chi connectivity index (χ0v) is 9.89. The summed E-state index contributed by atoms with van der Waals surface area (Å²) in [5.41, 5.74) is 1.68. The number of benzene rings is 1. The topological polar surface area (TPSA) is 55.1 Å². The van der Waals surface area contributed by atoms with E-state index in [1.165, 1.54) is 0 Å². The second kappa shape index (κ2) is 4.49. The van der Waals surface area contributed by atoms with Gasteiger partial charge in [-0.15, -0.1) is 0 Å². The Balaban J connectivity index is 2.22. The average Bonchev–Trinajstić information content (AvgIpc) is 2.65. The summed E-state index contributed by atoms with van der Waals surface area (Å²) in [6, 6.07) is 7.27. The van der Waals surface area contributed by atoms with Crippen molar-refractivity contribution in [1.82, 2.24) is 9.78 Å². The van der Waals surface area contributed by atoms with E-state index in [9.17, 15) is 4.79 Å². The molecule has 1 aromatic heterocycles. The van der Waals surface area contributed by atoms with E-state index in [4.69, 9.17) is 5.11 Å². The third-order valence-corrected chi connectivity index (χ3v) is 2.52. The molecule has 0 radical (unpaired) electrons. The molecule has 2 aromatic rings. The Morgan fingerprint density at radius 2 is 2.06 bits per heavy atom. The highest BCUT2D eigenvalue weighted by atomic mass is 79.9. The van der Waals surface area contributed by atoms with Crippen molar-refractivity contribution >= 4 is 21.9 Å². The van der Waals surface area contributed by atoms with Gasteiger partial charge in [0.05, 0.1) is 22.8 Å². The van der Waals surface area contributed by atoms with Crippen LogP contribution in [0.4, 0.5) is 0 Å². The van der Waals surface area contributed by atoms with Crippen molar-refractivity contribution < 1.29 is 9.90 Å². The molecule has 2 rings (SSSR count). The number of halogens is 1. The van der Waals surface area contributed by atoms with Gasteiger partial charge in [0.25, 0.3) is 0 Å². The number of nitrogens with zero attached hydrogens (tertiary/aromatic N) is 2. The van der Waals surface area contributed by atoms with E-state index in [0.717, 1.165) is 15.7 Å². The number of carboxylic acid groups (broad SMARTS) is 1. The van der Waals surface area contributed by atoms with Gasteiger partial charge in [-0.1, -0.05) is 12.1 Å². The third-order valence-electron chi connectivity index (χ3n) is 2.11. The smallest absolute Gasteiger partial charge is 0.307 e. The summed E-state index contributed by atoms with van der Waals surface area (Å²) in [5.74, 6) is -0.824. The van der Waals surface area contributed by atoms with Crippen LogP contribution in [0.5, 0.6) is 0 Å². The molecule has 82 valence electrons. The lowest BCUT2D eigenvalue weighted by atomic mass is 10.1. The van der Waals surface area contributed by atoms with Crippen LogP contribution in [0.3, 0.4) is 0 Å². The predicted octanol–water partition coefficient (Wildman–Crippen LogP) is 2.26. The van der Waals surface area contributed by atoms with Gasteiger partial charge in [-0.2, -0.15) is 5.10 Å². The summed E-state index contributed by atoms with van der Waals surface area (Å²) in [4.78, 5) is 10.5. The van der Waals surface area contributed by atoms with E-state index < -0.39 is 5.97 Å². The van der Waals surface area contributed by atoms with E-state index in [1.54, 1.807) is 23.0 Å². The van der Waals surface area contributed by atoms with Crippen LogP contribution in [0.15, 0.2) is 41.1 Å². The van der Waals surface area contributed by atoms with Crippen molar-refractivity contribution in [3.8, 4) is 5.69 Å². The van der Waals surface area contributed by atoms with Crippen LogP contribution in [-0.4, -0.2) is 20.9 Å². The van der Waals surface area contributed by atoms with Crippen LogP contribution in [0.25, 0.3) is 5.69 Å². The molecule has 0 bridgehead atoms. The number of rotatable bonds is 3. The van der Waals surface area contributed by atoms with Gasteiger partial charge in [-0.05, 0) is 33.6 Å². The standard InChI is InChI=1S/C11H9BrN2O2/c12-9-6-13-14(7-9)10-3-1-8(2-4-10)5-11(15)16/h1-4,6-7H,5H2,(H,15,16). The predicted molar refractivity (Wildman–Crippen MR) is 62.6 cm³/mol. The van der Waals surface area contributed by atoms with Crippen LogP contribution in [0.1, 0.15) is 5.56 Å². The fourth-order valence-electron chi connectivity index (χ4n) is 1.38. The number of hydrogen-bond acceptors (Lipinski definition) is 2. The van der Waals surface area contributed by atoms with Crippen molar-refractivity contribution in [2.75, 3.05) is 0 Å². The molecule has 0 amide bonds. The van der Waals surface area contributed by atoms with E-state index in [0.29, 0.717) is 0 Å². The van der Waals surface area contributed by atoms with Gasteiger partial charge in [0.1, 0.15) is 0 Å². The largest absolute Gasteiger partial charge is 0.481 e. The van der Waals surface area contributed by atoms with Crippen LogP contribution < -0.4 is 0 Å². The molecule has 0 atom stereocenters. The molecule has 0 spiro atoms. The Morgan fingerprint density at radius 3 is 2.56 bits per heavy atom. The third kappa shape index (κ3) is 2.49. The van der Waals surface area contributed by atoms with Gasteiger partial charge >= 0.3 is 5.97 Å². The molecule has 0 aliphatic carbocycles. The second-order valence-corrected chi connectivity index (χ2v) is 4.26. The van der Waals surface area contributed by atoms with Crippen LogP contribution >= 0.6 is 15.9 Å². The molecule has 4 nitrogen and oxygen atoms in total. The van der Waals surface area contributed by atoms with Crippen LogP contribution in [-0.2, 0) is 11.2 Å². The Bertz CT molecular complexity index is 505. The van der Waals surface area contributed by atoms with Gasteiger partial charge in [-0.3, -0.25) is 4.79 Å². The average molecular weight is 281 g/mol. The molecule has 0 unspecified atom stereocenters. The summed E-state index contributed by atoms with van der Waals surface area (Å²) in [6.07, 6.45) is 3.58. The zero-order valence-electron chi connectivity index (χ0n) is 8.30. The molecule has 0 saturated carbocycles. The van der Waals surface area contributed by atoms with Gasteiger partial charge < -0.3 is 5.11 Å². The summed E-state index contributed by atoms with van der Waals surface area (Å²) < 4.78 is 2.62. The van der Waals surface area contributed by atoms with Gasteiger partial charge in [0.2, 0.25) is 0 Å². The first kappa shape index (κ1) is 10.9. The summed E-state index contributed by atoms with van der Waals surface area (Å²) in [7, 11) is 0. The Hall–Kier alpha value is -1.62. The highest BCUT2D eigenvalue weighted by molar-refractivity contribution is 9.10. The molecule has 5 heteroatoms. The minimum absolute atomic E-state index is 0.0447. The Morgan fingerprint density at radius 1 is 1.38 bits per heavy atom. The fourth-order valence-corrected chi connectivity index (χ4v) is 1.67. The molecule has 0 aliphatic rings. The van der Waals surface area contributed by atoms with E-state index in [1.807, 2.05) is 18.3 Å². The highest BCUT2D eigenvalue weighted by Crippen LogP contribution is 2.13. The first-order valence-corrected chi connectivity index (χ1v) is 5.46. The van der Waals surface area contributed by atoms with Gasteiger partial charge in [-0.25, -0.2) is 4.68 Å². The maximum Gasteiger partial charge on any atom is 0.307 e. The van der Waals surface area contributed by atoms with E-state index >= 15 is 0 Å². The molecule has 0 aliphatic heterocycles. The quantitative estimate of drug-likeness (QED) is 0.938. The summed E-state index contributed by atoms with van der Waals surface area (Å²) >= 11 is 3.32. The van der Waals surface area contributed by atoms with Gasteiger partial charge in [0, 0.05) is 6.20 Å². The molecule has 0 saturated heterocycles. The van der Waals surface area contributed by atoms with Crippen molar-refractivity contribution in [2.45, 2.75) is 6.42 Å². The normalized spacial score (nSPS) is 10.3. The highest BCUT2D eigenvalue weighted by Gasteiger charge is 2.02. The lowest BCUT2D eigenvalue weighted by Gasteiger charge is -2.02. The van der Waals surface area contributed by atoms with E-state index in [2.05, 4.69) is 21.0 Å². The molecular weight excluding hydrogens is 272 g/mol. The summed E-state index contributed by atoms with van der Waals surface area (Å²) in [6.45, 7) is 0. The van der Waals surface area contributed by atoms with Crippen molar-refractivity contribution in [3.63, 3.8) is 0 Å². The Kier molecular flexibility index (Phi) is 3.05. The SMILES string of the molecule is O=C(O)Cc1ccc(-n2cc(Br)cn2)cc1. The fraction of sp³-hybridized carbons (Fsp3) is 0.0909. The lowest BCUT2D eigenvalue weighted by Crippen LogP contribution is -2.00. The maximum absolute atomic E-state index is 10.5. The summed E-state index contributed by atoms with van der Waals surface area (Å²) in [5, 5.41) is 12.8. The minimum atomic E-state index is -0.824. The van der Waals surface area contributed by atoms with Crippen LogP contribution in [0, 0.1) is 0 Å². The molecule has 0 fully saturated rings. The number of carboxylic acids is 1. The first-order chi connectivity index (χ1) is 7.65. The lowest BCUT2D eigenvalue weighted by molar-refractivity contribution is -0.136. The van der Waals surface area contributed by atoms with Crippen molar-refractivity contribution in [3.05, 3.63) is 46.7 Å². The number of carbonyl (C=O) groups is 1. The van der Waals surface area contributed by atoms with E-state index in [-0.39, 0.29) is 6.42 Å². The zero-order chi connectivity index (χ0) is 11.5. The van der Waals surface area contributed by atoms with Crippen molar-refractivity contribution in [1.29, 1.82) is 0 Å². The molecule has 16 heavy (non-hydrogen) atoms. The second-order valence-electron chi connectivity index (χ2n) is 3.34. The maximum atomic E-state index is 10.5. The van der Waals surface area contributed by atoms with Crippen molar-refractivity contribution in [2.24, 2.45) is 0 Å². The first-order valence-electron chi connectivity index (χ1n) is 4.66. The number of aliphatic carboxylic acids is 1.